The molecule has 3 aromatic rings. The second-order valence-corrected chi connectivity index (χ2v) is 5.87. The number of anilines is 1. The molecule has 136 valence electrons. The molecule has 0 aliphatic carbocycles. The lowest BCUT2D eigenvalue weighted by atomic mass is 10.2. The van der Waals surface area contributed by atoms with Crippen molar-refractivity contribution in [1.29, 1.82) is 0 Å². The molecule has 2 N–H and O–H groups in total. The molecular formula is C19H17N5O3. The van der Waals surface area contributed by atoms with Gasteiger partial charge in [0.25, 0.3) is 5.91 Å². The molecule has 1 aliphatic rings. The normalized spacial score (nSPS) is 11.9. The number of aromatic nitrogens is 3. The van der Waals surface area contributed by atoms with Crippen LogP contribution in [0.25, 0.3) is 0 Å². The highest BCUT2D eigenvalue weighted by molar-refractivity contribution is 5.92. The summed E-state index contributed by atoms with van der Waals surface area (Å²) in [6, 6.07) is 11.0. The third-order valence-corrected chi connectivity index (χ3v) is 4.01. The van der Waals surface area contributed by atoms with Gasteiger partial charge in [-0.25, -0.2) is 9.97 Å². The highest BCUT2D eigenvalue weighted by Crippen LogP contribution is 2.32. The highest BCUT2D eigenvalue weighted by Gasteiger charge is 2.14. The summed E-state index contributed by atoms with van der Waals surface area (Å²) < 4.78 is 10.6. The minimum Gasteiger partial charge on any atom is -0.454 e. The van der Waals surface area contributed by atoms with Gasteiger partial charge in [0, 0.05) is 31.5 Å². The fraction of sp³-hybridized carbons (Fsp3) is 0.158. The molecule has 0 atom stereocenters. The maximum Gasteiger partial charge on any atom is 0.270 e. The van der Waals surface area contributed by atoms with E-state index in [0.717, 1.165) is 11.1 Å². The van der Waals surface area contributed by atoms with Crippen molar-refractivity contribution in [3.63, 3.8) is 0 Å². The summed E-state index contributed by atoms with van der Waals surface area (Å²) in [6.07, 6.45) is 4.82. The van der Waals surface area contributed by atoms with E-state index in [1.54, 1.807) is 18.5 Å². The standard InChI is InChI=1S/C19H17N5O3/c25-19(22-10-14-1-2-16-17(7-14)27-12-26-16)15-8-18(24-11-23-15)21-9-13-3-5-20-6-4-13/h1-8,11H,9-10,12H2,(H,22,25)(H,21,23,24). The molecular weight excluding hydrogens is 346 g/mol. The molecule has 0 saturated heterocycles. The van der Waals surface area contributed by atoms with E-state index in [2.05, 4.69) is 25.6 Å². The summed E-state index contributed by atoms with van der Waals surface area (Å²) in [5, 5.41) is 6.01. The van der Waals surface area contributed by atoms with E-state index in [0.29, 0.717) is 36.1 Å². The van der Waals surface area contributed by atoms with Crippen LogP contribution in [0.4, 0.5) is 5.82 Å². The topological polar surface area (TPSA) is 98.3 Å². The molecule has 0 bridgehead atoms. The Hall–Kier alpha value is -3.68. The number of ether oxygens (including phenoxy) is 2. The van der Waals surface area contributed by atoms with E-state index >= 15 is 0 Å². The number of carbonyl (C=O) groups is 1. The van der Waals surface area contributed by atoms with Gasteiger partial charge in [0.1, 0.15) is 17.8 Å². The van der Waals surface area contributed by atoms with E-state index in [1.807, 2.05) is 30.3 Å². The van der Waals surface area contributed by atoms with Crippen LogP contribution in [0, 0.1) is 0 Å². The van der Waals surface area contributed by atoms with Gasteiger partial charge in [-0.3, -0.25) is 9.78 Å². The monoisotopic (exact) mass is 363 g/mol. The zero-order valence-electron chi connectivity index (χ0n) is 14.4. The van der Waals surface area contributed by atoms with Gasteiger partial charge in [0.15, 0.2) is 11.5 Å². The van der Waals surface area contributed by atoms with E-state index in [-0.39, 0.29) is 12.7 Å². The minimum absolute atomic E-state index is 0.224. The Labute approximate surface area is 155 Å². The lowest BCUT2D eigenvalue weighted by Gasteiger charge is -2.08. The van der Waals surface area contributed by atoms with Crippen LogP contribution in [0.3, 0.4) is 0 Å². The molecule has 3 heterocycles. The first kappa shape index (κ1) is 16.8. The van der Waals surface area contributed by atoms with Crippen molar-refractivity contribution in [1.82, 2.24) is 20.3 Å². The number of hydrogen-bond donors (Lipinski definition) is 2. The zero-order valence-corrected chi connectivity index (χ0v) is 14.4. The number of hydrogen-bond acceptors (Lipinski definition) is 7. The predicted octanol–water partition coefficient (Wildman–Crippen LogP) is 2.14. The smallest absolute Gasteiger partial charge is 0.270 e. The Morgan fingerprint density at radius 2 is 1.81 bits per heavy atom. The number of amides is 1. The van der Waals surface area contributed by atoms with Gasteiger partial charge in [-0.1, -0.05) is 6.07 Å². The van der Waals surface area contributed by atoms with Crippen molar-refractivity contribution in [2.24, 2.45) is 0 Å². The van der Waals surface area contributed by atoms with Crippen LogP contribution >= 0.6 is 0 Å². The third kappa shape index (κ3) is 4.12. The number of fused-ring (bicyclic) bond motifs is 1. The van der Waals surface area contributed by atoms with Crippen molar-refractivity contribution in [2.75, 3.05) is 12.1 Å². The van der Waals surface area contributed by atoms with Crippen molar-refractivity contribution in [3.05, 3.63) is 71.9 Å². The summed E-state index contributed by atoms with van der Waals surface area (Å²) in [7, 11) is 0. The predicted molar refractivity (Wildman–Crippen MR) is 97.3 cm³/mol. The van der Waals surface area contributed by atoms with Gasteiger partial charge in [0.05, 0.1) is 0 Å². The first-order valence-electron chi connectivity index (χ1n) is 8.39. The summed E-state index contributed by atoms with van der Waals surface area (Å²) >= 11 is 0. The fourth-order valence-corrected chi connectivity index (χ4v) is 2.60. The number of pyridine rings is 1. The average molecular weight is 363 g/mol. The molecule has 0 fully saturated rings. The summed E-state index contributed by atoms with van der Waals surface area (Å²) in [5.41, 5.74) is 2.28. The number of rotatable bonds is 6. The minimum atomic E-state index is -0.276. The number of benzene rings is 1. The van der Waals surface area contributed by atoms with Crippen LogP contribution in [0.2, 0.25) is 0 Å². The van der Waals surface area contributed by atoms with Crippen LogP contribution in [0.1, 0.15) is 21.6 Å². The van der Waals surface area contributed by atoms with Crippen LogP contribution in [0.5, 0.6) is 11.5 Å². The van der Waals surface area contributed by atoms with E-state index < -0.39 is 0 Å². The molecule has 0 unspecified atom stereocenters. The molecule has 0 radical (unpaired) electrons. The van der Waals surface area contributed by atoms with Crippen LogP contribution in [-0.4, -0.2) is 27.7 Å². The lowest BCUT2D eigenvalue weighted by molar-refractivity contribution is 0.0945. The number of nitrogens with one attached hydrogen (secondary N) is 2. The Kier molecular flexibility index (Phi) is 4.78. The fourth-order valence-electron chi connectivity index (χ4n) is 2.60. The second kappa shape index (κ2) is 7.69. The van der Waals surface area contributed by atoms with E-state index in [9.17, 15) is 4.79 Å². The molecule has 8 nitrogen and oxygen atoms in total. The van der Waals surface area contributed by atoms with Crippen LogP contribution in [-0.2, 0) is 13.1 Å². The molecule has 2 aromatic heterocycles. The Morgan fingerprint density at radius 1 is 0.963 bits per heavy atom. The van der Waals surface area contributed by atoms with Gasteiger partial charge in [-0.2, -0.15) is 0 Å². The molecule has 4 rings (SSSR count). The Balaban J connectivity index is 1.36. The number of carbonyl (C=O) groups excluding carboxylic acids is 1. The van der Waals surface area contributed by atoms with Crippen LogP contribution in [0.15, 0.2) is 55.1 Å². The van der Waals surface area contributed by atoms with Crippen molar-refractivity contribution in [3.8, 4) is 11.5 Å². The molecule has 8 heteroatoms. The van der Waals surface area contributed by atoms with Crippen molar-refractivity contribution < 1.29 is 14.3 Å². The lowest BCUT2D eigenvalue weighted by Crippen LogP contribution is -2.24. The second-order valence-electron chi connectivity index (χ2n) is 5.87. The van der Waals surface area contributed by atoms with Gasteiger partial charge >= 0.3 is 0 Å². The quantitative estimate of drug-likeness (QED) is 0.692. The summed E-state index contributed by atoms with van der Waals surface area (Å²) in [5.74, 6) is 1.70. The summed E-state index contributed by atoms with van der Waals surface area (Å²) in [6.45, 7) is 1.17. The van der Waals surface area contributed by atoms with Crippen molar-refractivity contribution in [2.45, 2.75) is 13.1 Å². The summed E-state index contributed by atoms with van der Waals surface area (Å²) in [4.78, 5) is 24.6. The molecule has 1 amide bonds. The first-order valence-corrected chi connectivity index (χ1v) is 8.39. The van der Waals surface area contributed by atoms with Gasteiger partial charge in [-0.05, 0) is 35.4 Å². The van der Waals surface area contributed by atoms with E-state index in [4.69, 9.17) is 9.47 Å². The van der Waals surface area contributed by atoms with Crippen LogP contribution < -0.4 is 20.1 Å². The zero-order chi connectivity index (χ0) is 18.5. The van der Waals surface area contributed by atoms with Gasteiger partial charge < -0.3 is 20.1 Å². The maximum atomic E-state index is 12.4. The average Bonchev–Trinajstić information content (AvgIpc) is 3.19. The highest BCUT2D eigenvalue weighted by atomic mass is 16.7. The molecule has 27 heavy (non-hydrogen) atoms. The third-order valence-electron chi connectivity index (χ3n) is 4.01. The number of nitrogens with zero attached hydrogens (tertiary/aromatic N) is 3. The molecule has 0 saturated carbocycles. The first-order chi connectivity index (χ1) is 13.3. The maximum absolute atomic E-state index is 12.4. The van der Waals surface area contributed by atoms with Gasteiger partial charge in [-0.15, -0.1) is 0 Å². The Bertz CT molecular complexity index is 949. The molecule has 0 spiro atoms. The SMILES string of the molecule is O=C(NCc1ccc2c(c1)OCO2)c1cc(NCc2ccncc2)ncn1. The Morgan fingerprint density at radius 3 is 2.70 bits per heavy atom. The van der Waals surface area contributed by atoms with Crippen molar-refractivity contribution >= 4 is 11.7 Å². The molecule has 1 aromatic carbocycles. The van der Waals surface area contributed by atoms with Gasteiger partial charge in [0.2, 0.25) is 6.79 Å². The van der Waals surface area contributed by atoms with E-state index in [1.165, 1.54) is 6.33 Å². The largest absolute Gasteiger partial charge is 0.454 e. The molecule has 1 aliphatic heterocycles.